The van der Waals surface area contributed by atoms with E-state index in [0.29, 0.717) is 18.9 Å². The largest absolute Gasteiger partial charge is 0.456 e. The van der Waals surface area contributed by atoms with Gasteiger partial charge in [-0.15, -0.1) is 10.2 Å². The molecule has 1 amide bonds. The Balaban J connectivity index is 1.02. The van der Waals surface area contributed by atoms with Crippen molar-refractivity contribution in [3.05, 3.63) is 36.2 Å². The molecule has 4 bridgehead atoms. The lowest BCUT2D eigenvalue weighted by Gasteiger charge is -2.55. The molecule has 7 nitrogen and oxygen atoms in total. The lowest BCUT2D eigenvalue weighted by molar-refractivity contribution is -0.147. The van der Waals surface area contributed by atoms with Crippen LogP contribution in [0.5, 0.6) is 0 Å². The van der Waals surface area contributed by atoms with Gasteiger partial charge >= 0.3 is 5.97 Å². The number of carbonyl (C=O) groups excluding carboxylic acids is 2. The van der Waals surface area contributed by atoms with Gasteiger partial charge < -0.3 is 14.5 Å². The van der Waals surface area contributed by atoms with Gasteiger partial charge in [0.25, 0.3) is 5.89 Å². The highest BCUT2D eigenvalue weighted by Crippen LogP contribution is 2.60. The quantitative estimate of drug-likeness (QED) is 0.511. The number of hydrogen-bond acceptors (Lipinski definition) is 6. The predicted octanol–water partition coefficient (Wildman–Crippen LogP) is 3.89. The molecule has 4 aliphatic rings. The third kappa shape index (κ3) is 4.36. The maximum Gasteiger partial charge on any atom is 0.306 e. The van der Waals surface area contributed by atoms with Crippen molar-refractivity contribution in [1.29, 1.82) is 0 Å². The average Bonchev–Trinajstić information content (AvgIpc) is 3.24. The van der Waals surface area contributed by atoms with E-state index in [2.05, 4.69) is 15.5 Å². The van der Waals surface area contributed by atoms with Crippen LogP contribution in [-0.4, -0.2) is 28.6 Å². The van der Waals surface area contributed by atoms with E-state index in [1.165, 1.54) is 19.3 Å². The molecule has 1 aromatic heterocycles. The minimum atomic E-state index is -0.330. The van der Waals surface area contributed by atoms with E-state index >= 15 is 0 Å². The van der Waals surface area contributed by atoms with Crippen molar-refractivity contribution in [3.63, 3.8) is 0 Å². The van der Waals surface area contributed by atoms with Crippen LogP contribution in [0, 0.1) is 23.2 Å². The summed E-state index contributed by atoms with van der Waals surface area (Å²) in [6, 6.07) is 9.44. The Kier molecular flexibility index (Phi) is 5.50. The van der Waals surface area contributed by atoms with Gasteiger partial charge in [-0.1, -0.05) is 18.2 Å². The van der Waals surface area contributed by atoms with E-state index in [0.717, 1.165) is 42.6 Å². The molecule has 0 unspecified atom stereocenters. The molecule has 164 valence electrons. The van der Waals surface area contributed by atoms with Crippen LogP contribution in [-0.2, 0) is 20.9 Å². The van der Waals surface area contributed by atoms with Crippen LogP contribution >= 0.6 is 0 Å². The van der Waals surface area contributed by atoms with Gasteiger partial charge in [-0.2, -0.15) is 0 Å². The van der Waals surface area contributed by atoms with Gasteiger partial charge in [-0.3, -0.25) is 9.59 Å². The summed E-state index contributed by atoms with van der Waals surface area (Å²) in [6.07, 6.45) is 7.96. The molecule has 0 saturated heterocycles. The molecule has 4 aliphatic carbocycles. The second-order valence-electron chi connectivity index (χ2n) is 9.59. The van der Waals surface area contributed by atoms with Crippen LogP contribution in [0.4, 0.5) is 0 Å². The summed E-state index contributed by atoms with van der Waals surface area (Å²) in [6.45, 7) is 0.465. The van der Waals surface area contributed by atoms with Crippen molar-refractivity contribution in [1.82, 2.24) is 15.5 Å². The molecule has 2 aromatic rings. The van der Waals surface area contributed by atoms with E-state index in [9.17, 15) is 9.59 Å². The summed E-state index contributed by atoms with van der Waals surface area (Å²) in [5.74, 6) is 2.79. The third-order valence-electron chi connectivity index (χ3n) is 7.21. The normalized spacial score (nSPS) is 28.5. The summed E-state index contributed by atoms with van der Waals surface area (Å²) in [5.41, 5.74) is 0.686. The second kappa shape index (κ2) is 8.44. The molecule has 7 heteroatoms. The van der Waals surface area contributed by atoms with E-state index in [4.69, 9.17) is 9.15 Å². The molecule has 1 N–H and O–H groups in total. The zero-order valence-electron chi connectivity index (χ0n) is 17.7. The number of nitrogens with one attached hydrogen (secondary N) is 1. The summed E-state index contributed by atoms with van der Waals surface area (Å²) in [4.78, 5) is 25.0. The Labute approximate surface area is 181 Å². The number of rotatable bonds is 8. The smallest absolute Gasteiger partial charge is 0.306 e. The van der Waals surface area contributed by atoms with Crippen LogP contribution in [0.25, 0.3) is 11.5 Å². The highest BCUT2D eigenvalue weighted by molar-refractivity contribution is 5.83. The van der Waals surface area contributed by atoms with Crippen LogP contribution in [0.2, 0.25) is 0 Å². The molecule has 6 rings (SSSR count). The summed E-state index contributed by atoms with van der Waals surface area (Å²) < 4.78 is 10.8. The molecule has 1 aromatic carbocycles. The Hall–Kier alpha value is -2.70. The SMILES string of the molecule is O=C(CCCNC(=O)C12CC3CC(CC(C3)C1)C2)OCc1nnc(-c2ccccc2)o1. The van der Waals surface area contributed by atoms with E-state index in [1.54, 1.807) is 0 Å². The first-order chi connectivity index (χ1) is 15.1. The summed E-state index contributed by atoms with van der Waals surface area (Å²) in [5, 5.41) is 11.0. The van der Waals surface area contributed by atoms with Crippen molar-refractivity contribution in [2.45, 2.75) is 58.0 Å². The number of ether oxygens (including phenoxy) is 1. The van der Waals surface area contributed by atoms with Crippen LogP contribution < -0.4 is 5.32 Å². The first-order valence-corrected chi connectivity index (χ1v) is 11.4. The third-order valence-corrected chi connectivity index (χ3v) is 7.21. The number of carbonyl (C=O) groups is 2. The number of amides is 1. The number of esters is 1. The molecule has 4 saturated carbocycles. The lowest BCUT2D eigenvalue weighted by Crippen LogP contribution is -2.53. The zero-order valence-corrected chi connectivity index (χ0v) is 17.7. The molecule has 31 heavy (non-hydrogen) atoms. The fourth-order valence-corrected chi connectivity index (χ4v) is 6.23. The Morgan fingerprint density at radius 2 is 1.71 bits per heavy atom. The van der Waals surface area contributed by atoms with Gasteiger partial charge in [0.2, 0.25) is 11.8 Å². The van der Waals surface area contributed by atoms with Gasteiger partial charge in [0.1, 0.15) is 0 Å². The van der Waals surface area contributed by atoms with Crippen molar-refractivity contribution < 1.29 is 18.7 Å². The minimum absolute atomic E-state index is 0.0434. The fraction of sp³-hybridized carbons (Fsp3) is 0.583. The van der Waals surface area contributed by atoms with Crippen molar-refractivity contribution in [2.75, 3.05) is 6.54 Å². The molecule has 0 atom stereocenters. The van der Waals surface area contributed by atoms with Crippen LogP contribution in [0.3, 0.4) is 0 Å². The fourth-order valence-electron chi connectivity index (χ4n) is 6.23. The average molecular weight is 424 g/mol. The Morgan fingerprint density at radius 1 is 1.03 bits per heavy atom. The standard InChI is InChI=1S/C24H29N3O4/c28-21(30-15-20-26-27-22(31-20)19-5-2-1-3-6-19)7-4-8-25-23(29)24-12-16-9-17(13-24)11-18(10-16)14-24/h1-3,5-6,16-18H,4,7-15H2,(H,25,29). The van der Waals surface area contributed by atoms with Gasteiger partial charge in [-0.05, 0) is 74.8 Å². The van der Waals surface area contributed by atoms with E-state index < -0.39 is 0 Å². The molecule has 0 spiro atoms. The minimum Gasteiger partial charge on any atom is -0.456 e. The first kappa shape index (κ1) is 20.2. The second-order valence-corrected chi connectivity index (χ2v) is 9.59. The van der Waals surface area contributed by atoms with Gasteiger partial charge in [0.05, 0.1) is 0 Å². The van der Waals surface area contributed by atoms with Crippen molar-refractivity contribution in [2.24, 2.45) is 23.2 Å². The van der Waals surface area contributed by atoms with Gasteiger partial charge in [0.15, 0.2) is 6.61 Å². The summed E-state index contributed by atoms with van der Waals surface area (Å²) in [7, 11) is 0. The molecule has 4 fully saturated rings. The maximum absolute atomic E-state index is 12.9. The highest BCUT2D eigenvalue weighted by atomic mass is 16.5. The first-order valence-electron chi connectivity index (χ1n) is 11.4. The number of hydrogen-bond donors (Lipinski definition) is 1. The molecular weight excluding hydrogens is 394 g/mol. The van der Waals surface area contributed by atoms with Gasteiger partial charge in [0, 0.05) is 23.9 Å². The maximum atomic E-state index is 12.9. The van der Waals surface area contributed by atoms with E-state index in [-0.39, 0.29) is 36.2 Å². The number of aromatic nitrogens is 2. The molecular formula is C24H29N3O4. The van der Waals surface area contributed by atoms with Crippen molar-refractivity contribution >= 4 is 11.9 Å². The Bertz CT molecular complexity index is 904. The number of nitrogens with zero attached hydrogens (tertiary/aromatic N) is 2. The van der Waals surface area contributed by atoms with Crippen molar-refractivity contribution in [3.8, 4) is 11.5 Å². The Morgan fingerprint density at radius 3 is 2.39 bits per heavy atom. The van der Waals surface area contributed by atoms with Crippen LogP contribution in [0.15, 0.2) is 34.7 Å². The predicted molar refractivity (Wildman–Crippen MR) is 112 cm³/mol. The zero-order chi connectivity index (χ0) is 21.3. The van der Waals surface area contributed by atoms with E-state index in [1.807, 2.05) is 30.3 Å². The monoisotopic (exact) mass is 423 g/mol. The molecule has 0 aliphatic heterocycles. The summed E-state index contributed by atoms with van der Waals surface area (Å²) >= 11 is 0. The highest BCUT2D eigenvalue weighted by Gasteiger charge is 2.54. The van der Waals surface area contributed by atoms with Crippen LogP contribution in [0.1, 0.15) is 57.3 Å². The van der Waals surface area contributed by atoms with Gasteiger partial charge in [-0.25, -0.2) is 0 Å². The molecule has 1 heterocycles. The lowest BCUT2D eigenvalue weighted by atomic mass is 9.49. The molecule has 0 radical (unpaired) electrons. The number of benzene rings is 1. The topological polar surface area (TPSA) is 94.3 Å².